The number of benzene rings is 1. The van der Waals surface area contributed by atoms with Crippen LogP contribution in [0.4, 0.5) is 0 Å². The molecule has 5 nitrogen and oxygen atoms in total. The minimum atomic E-state index is -3.61. The van der Waals surface area contributed by atoms with E-state index in [2.05, 4.69) is 0 Å². The molecule has 0 bridgehead atoms. The van der Waals surface area contributed by atoms with E-state index < -0.39 is 10.0 Å². The molecule has 0 N–H and O–H groups in total. The minimum Gasteiger partial charge on any atom is -0.348 e. The molecule has 0 radical (unpaired) electrons. The van der Waals surface area contributed by atoms with E-state index in [0.29, 0.717) is 5.56 Å². The molecule has 0 atom stereocenters. The number of nitrogens with zero attached hydrogens (tertiary/aromatic N) is 2. The Morgan fingerprint density at radius 2 is 1.72 bits per heavy atom. The fraction of sp³-hybridized carbons (Fsp3) is 0.417. The summed E-state index contributed by atoms with van der Waals surface area (Å²) in [5.41, 5.74) is 0.668. The summed E-state index contributed by atoms with van der Waals surface area (Å²) in [7, 11) is 0.981. The molecule has 0 unspecified atom stereocenters. The molecule has 0 spiro atoms. The monoisotopic (exact) mass is 270 g/mol. The minimum absolute atomic E-state index is 0.163. The first kappa shape index (κ1) is 14.7. The average molecular weight is 270 g/mol. The molecule has 0 saturated heterocycles. The fourth-order valence-electron chi connectivity index (χ4n) is 1.43. The molecule has 0 aromatic heterocycles. The third-order valence-corrected chi connectivity index (χ3v) is 4.60. The zero-order valence-corrected chi connectivity index (χ0v) is 11.9. The van der Waals surface area contributed by atoms with Crippen LogP contribution in [0.5, 0.6) is 0 Å². The number of carbonyl (C=O) groups is 1. The van der Waals surface area contributed by atoms with Crippen molar-refractivity contribution >= 4 is 15.9 Å². The highest BCUT2D eigenvalue weighted by atomic mass is 32.2. The normalized spacial score (nSPS) is 11.6. The molecule has 6 heteroatoms. The van der Waals surface area contributed by atoms with Crippen LogP contribution in [-0.2, 0) is 14.8 Å². The van der Waals surface area contributed by atoms with Crippen LogP contribution in [0.2, 0.25) is 0 Å². The maximum Gasteiger partial charge on any atom is 0.243 e. The first-order valence-corrected chi connectivity index (χ1v) is 6.93. The maximum atomic E-state index is 12.3. The lowest BCUT2D eigenvalue weighted by molar-refractivity contribution is -0.128. The molecule has 100 valence electrons. The smallest absolute Gasteiger partial charge is 0.243 e. The standard InChI is InChI=1S/C12H18N2O3S/c1-10-7-5-6-8-11(10)18(16,17)14(4)9-12(15)13(2)3/h5-8H,9H2,1-4H3. The molecule has 0 heterocycles. The van der Waals surface area contributed by atoms with Gasteiger partial charge in [0.05, 0.1) is 11.4 Å². The van der Waals surface area contributed by atoms with Gasteiger partial charge in [0.1, 0.15) is 0 Å². The van der Waals surface area contributed by atoms with Crippen LogP contribution >= 0.6 is 0 Å². The number of rotatable bonds is 4. The molecular formula is C12H18N2O3S. The van der Waals surface area contributed by atoms with Gasteiger partial charge < -0.3 is 4.90 Å². The molecule has 1 aromatic carbocycles. The molecule has 1 amide bonds. The quantitative estimate of drug-likeness (QED) is 0.809. The van der Waals surface area contributed by atoms with Gasteiger partial charge in [-0.05, 0) is 18.6 Å². The number of hydrogen-bond acceptors (Lipinski definition) is 3. The largest absolute Gasteiger partial charge is 0.348 e. The van der Waals surface area contributed by atoms with Gasteiger partial charge in [-0.3, -0.25) is 4.79 Å². The molecule has 0 aliphatic carbocycles. The SMILES string of the molecule is Cc1ccccc1S(=O)(=O)N(C)CC(=O)N(C)C. The first-order valence-electron chi connectivity index (χ1n) is 5.49. The highest BCUT2D eigenvalue weighted by Crippen LogP contribution is 2.18. The molecule has 0 aliphatic heterocycles. The number of aryl methyl sites for hydroxylation is 1. The second-order valence-corrected chi connectivity index (χ2v) is 6.33. The molecule has 0 saturated carbocycles. The van der Waals surface area contributed by atoms with E-state index in [1.54, 1.807) is 45.3 Å². The Balaban J connectivity index is 3.01. The van der Waals surface area contributed by atoms with E-state index in [-0.39, 0.29) is 17.3 Å². The lowest BCUT2D eigenvalue weighted by Crippen LogP contribution is -2.37. The number of hydrogen-bond donors (Lipinski definition) is 0. The van der Waals surface area contributed by atoms with Gasteiger partial charge in [-0.2, -0.15) is 4.31 Å². The van der Waals surface area contributed by atoms with Crippen LogP contribution in [0.3, 0.4) is 0 Å². The van der Waals surface area contributed by atoms with Gasteiger partial charge >= 0.3 is 0 Å². The van der Waals surface area contributed by atoms with Crippen LogP contribution < -0.4 is 0 Å². The van der Waals surface area contributed by atoms with E-state index in [1.165, 1.54) is 11.9 Å². The van der Waals surface area contributed by atoms with Gasteiger partial charge in [0.2, 0.25) is 15.9 Å². The molecule has 0 aliphatic rings. The first-order chi connectivity index (χ1) is 8.26. The Hall–Kier alpha value is -1.40. The van der Waals surface area contributed by atoms with E-state index in [1.807, 2.05) is 0 Å². The summed E-state index contributed by atoms with van der Waals surface area (Å²) in [4.78, 5) is 13.1. The Labute approximate surface area is 108 Å². The van der Waals surface area contributed by atoms with Crippen molar-refractivity contribution in [3.8, 4) is 0 Å². The maximum absolute atomic E-state index is 12.3. The Kier molecular flexibility index (Phi) is 4.48. The number of likely N-dealkylation sites (N-methyl/N-ethyl adjacent to an activating group) is 2. The number of amides is 1. The summed E-state index contributed by atoms with van der Waals surface area (Å²) in [5.74, 6) is -0.255. The van der Waals surface area contributed by atoms with Crippen LogP contribution in [0.15, 0.2) is 29.2 Å². The topological polar surface area (TPSA) is 57.7 Å². The predicted octanol–water partition coefficient (Wildman–Crippen LogP) is 0.704. The Bertz CT molecular complexity index is 538. The summed E-state index contributed by atoms with van der Waals surface area (Å²) in [6.07, 6.45) is 0. The van der Waals surface area contributed by atoms with Crippen LogP contribution in [0.25, 0.3) is 0 Å². The van der Waals surface area contributed by atoms with Crippen molar-refractivity contribution in [3.63, 3.8) is 0 Å². The van der Waals surface area contributed by atoms with Crippen molar-refractivity contribution in [2.75, 3.05) is 27.7 Å². The fourth-order valence-corrected chi connectivity index (χ4v) is 2.77. The van der Waals surface area contributed by atoms with Gasteiger partial charge in [-0.25, -0.2) is 8.42 Å². The third-order valence-electron chi connectivity index (χ3n) is 2.64. The van der Waals surface area contributed by atoms with Crippen LogP contribution in [-0.4, -0.2) is 51.2 Å². The molecule has 18 heavy (non-hydrogen) atoms. The molecular weight excluding hydrogens is 252 g/mol. The summed E-state index contributed by atoms with van der Waals surface area (Å²) in [5, 5.41) is 0. The molecule has 1 rings (SSSR count). The summed E-state index contributed by atoms with van der Waals surface area (Å²) < 4.78 is 25.6. The van der Waals surface area contributed by atoms with Crippen molar-refractivity contribution in [1.29, 1.82) is 0 Å². The molecule has 0 fully saturated rings. The highest BCUT2D eigenvalue weighted by molar-refractivity contribution is 7.89. The lowest BCUT2D eigenvalue weighted by Gasteiger charge is -2.20. The lowest BCUT2D eigenvalue weighted by atomic mass is 10.2. The van der Waals surface area contributed by atoms with E-state index in [4.69, 9.17) is 0 Å². The number of carbonyl (C=O) groups excluding carboxylic acids is 1. The third kappa shape index (κ3) is 3.08. The zero-order chi connectivity index (χ0) is 13.9. The van der Waals surface area contributed by atoms with Gasteiger partial charge in [0.15, 0.2) is 0 Å². The van der Waals surface area contributed by atoms with Crippen LogP contribution in [0, 0.1) is 6.92 Å². The van der Waals surface area contributed by atoms with E-state index >= 15 is 0 Å². The Morgan fingerprint density at radius 3 is 2.22 bits per heavy atom. The summed E-state index contributed by atoms with van der Waals surface area (Å²) in [6.45, 7) is 1.57. The van der Waals surface area contributed by atoms with Gasteiger partial charge in [-0.15, -0.1) is 0 Å². The summed E-state index contributed by atoms with van der Waals surface area (Å²) in [6, 6.07) is 6.72. The predicted molar refractivity (Wildman–Crippen MR) is 69.7 cm³/mol. The van der Waals surface area contributed by atoms with Crippen molar-refractivity contribution in [1.82, 2.24) is 9.21 Å². The second kappa shape index (κ2) is 5.49. The van der Waals surface area contributed by atoms with Gasteiger partial charge in [0.25, 0.3) is 0 Å². The van der Waals surface area contributed by atoms with E-state index in [9.17, 15) is 13.2 Å². The van der Waals surface area contributed by atoms with Gasteiger partial charge in [-0.1, -0.05) is 18.2 Å². The van der Waals surface area contributed by atoms with Crippen molar-refractivity contribution in [2.45, 2.75) is 11.8 Å². The van der Waals surface area contributed by atoms with Crippen molar-refractivity contribution in [3.05, 3.63) is 29.8 Å². The van der Waals surface area contributed by atoms with Gasteiger partial charge in [0, 0.05) is 21.1 Å². The number of sulfonamides is 1. The van der Waals surface area contributed by atoms with Crippen molar-refractivity contribution < 1.29 is 13.2 Å². The highest BCUT2D eigenvalue weighted by Gasteiger charge is 2.24. The Morgan fingerprint density at radius 1 is 1.17 bits per heavy atom. The van der Waals surface area contributed by atoms with E-state index in [0.717, 1.165) is 4.31 Å². The van der Waals surface area contributed by atoms with Crippen molar-refractivity contribution in [2.24, 2.45) is 0 Å². The van der Waals surface area contributed by atoms with Crippen LogP contribution in [0.1, 0.15) is 5.56 Å². The second-order valence-electron chi connectivity index (χ2n) is 4.31. The zero-order valence-electron chi connectivity index (χ0n) is 11.0. The average Bonchev–Trinajstić information content (AvgIpc) is 2.28. The molecule has 1 aromatic rings. The summed E-state index contributed by atoms with van der Waals surface area (Å²) >= 11 is 0.